The van der Waals surface area contributed by atoms with Crippen molar-refractivity contribution < 1.29 is 24.5 Å². The first-order valence-electron chi connectivity index (χ1n) is 8.66. The van der Waals surface area contributed by atoms with Gasteiger partial charge in [-0.15, -0.1) is 6.58 Å². The van der Waals surface area contributed by atoms with Crippen LogP contribution in [0.15, 0.2) is 30.9 Å². The number of carbonyl (C=O) groups excluding carboxylic acids is 1. The van der Waals surface area contributed by atoms with Gasteiger partial charge in [0.25, 0.3) is 0 Å². The molecule has 6 nitrogen and oxygen atoms in total. The summed E-state index contributed by atoms with van der Waals surface area (Å²) in [5, 5.41) is 21.0. The lowest BCUT2D eigenvalue weighted by atomic mass is 10.1. The topological polar surface area (TPSA) is 95.9 Å². The minimum absolute atomic E-state index is 0.0111. The van der Waals surface area contributed by atoms with Crippen LogP contribution in [0.25, 0.3) is 0 Å². The number of carboxylic acid groups (broad SMARTS) is 1. The molecule has 0 heterocycles. The minimum atomic E-state index is -1.32. The molecule has 0 bridgehead atoms. The Bertz CT molecular complexity index is 571. The van der Waals surface area contributed by atoms with Crippen LogP contribution in [0, 0.1) is 0 Å². The summed E-state index contributed by atoms with van der Waals surface area (Å²) >= 11 is 0. The zero-order valence-corrected chi connectivity index (χ0v) is 14.5. The van der Waals surface area contributed by atoms with Crippen LogP contribution in [0.5, 0.6) is 5.75 Å². The van der Waals surface area contributed by atoms with E-state index in [1.165, 1.54) is 43.9 Å². The number of anilines is 1. The molecule has 6 heteroatoms. The van der Waals surface area contributed by atoms with E-state index >= 15 is 0 Å². The van der Waals surface area contributed by atoms with Crippen molar-refractivity contribution in [1.29, 1.82) is 0 Å². The fourth-order valence-electron chi connectivity index (χ4n) is 2.45. The number of allylic oxidation sites excluding steroid dienone is 1. The van der Waals surface area contributed by atoms with Gasteiger partial charge in [0.1, 0.15) is 11.3 Å². The number of amides is 1. The van der Waals surface area contributed by atoms with Crippen molar-refractivity contribution in [1.82, 2.24) is 0 Å². The van der Waals surface area contributed by atoms with Crippen molar-refractivity contribution in [3.8, 4) is 5.75 Å². The van der Waals surface area contributed by atoms with Gasteiger partial charge >= 0.3 is 12.1 Å². The Hall–Kier alpha value is -2.50. The molecule has 0 saturated carbocycles. The Morgan fingerprint density at radius 2 is 1.72 bits per heavy atom. The molecule has 25 heavy (non-hydrogen) atoms. The van der Waals surface area contributed by atoms with Crippen molar-refractivity contribution in [2.75, 3.05) is 11.9 Å². The highest BCUT2D eigenvalue weighted by atomic mass is 16.5. The van der Waals surface area contributed by atoms with Crippen LogP contribution in [-0.4, -0.2) is 28.9 Å². The molecule has 0 saturated heterocycles. The van der Waals surface area contributed by atoms with E-state index in [2.05, 4.69) is 11.9 Å². The summed E-state index contributed by atoms with van der Waals surface area (Å²) in [6, 6.07) is 4.10. The van der Waals surface area contributed by atoms with Crippen LogP contribution in [0.3, 0.4) is 0 Å². The van der Waals surface area contributed by atoms with Crippen molar-refractivity contribution in [3.63, 3.8) is 0 Å². The first kappa shape index (κ1) is 20.5. The van der Waals surface area contributed by atoms with E-state index in [4.69, 9.17) is 9.84 Å². The molecule has 0 spiro atoms. The molecular formula is C19H27NO5. The largest absolute Gasteiger partial charge is 0.507 e. The Morgan fingerprint density at radius 3 is 2.36 bits per heavy atom. The second kappa shape index (κ2) is 11.9. The highest BCUT2D eigenvalue weighted by Gasteiger charge is 2.17. The summed E-state index contributed by atoms with van der Waals surface area (Å²) in [6.07, 6.45) is 9.96. The number of carbonyl (C=O) groups is 2. The molecule has 1 aromatic rings. The molecular weight excluding hydrogens is 322 g/mol. The highest BCUT2D eigenvalue weighted by molar-refractivity contribution is 6.01. The third-order valence-corrected chi connectivity index (χ3v) is 3.78. The molecule has 0 aliphatic rings. The van der Waals surface area contributed by atoms with Gasteiger partial charge in [0, 0.05) is 0 Å². The second-order valence-corrected chi connectivity index (χ2v) is 5.82. The van der Waals surface area contributed by atoms with Crippen molar-refractivity contribution in [3.05, 3.63) is 36.4 Å². The van der Waals surface area contributed by atoms with Crippen LogP contribution in [0.1, 0.15) is 61.7 Å². The standard InChI is InChI=1S/C19H27NO5/c1-2-3-4-5-6-7-8-9-10-14-25-19(24)20-15-12-11-13-16(21)17(15)18(22)23/h2,11-13,21H,1,3-10,14H2,(H,20,24)(H,22,23). The van der Waals surface area contributed by atoms with E-state index in [1.54, 1.807) is 0 Å². The average molecular weight is 349 g/mol. The number of nitrogens with one attached hydrogen (secondary N) is 1. The van der Waals surface area contributed by atoms with Gasteiger partial charge in [-0.05, 0) is 31.4 Å². The van der Waals surface area contributed by atoms with Crippen LogP contribution in [0.2, 0.25) is 0 Å². The summed E-state index contributed by atoms with van der Waals surface area (Å²) in [7, 11) is 0. The molecule has 0 unspecified atom stereocenters. The van der Waals surface area contributed by atoms with Crippen molar-refractivity contribution in [2.24, 2.45) is 0 Å². The van der Waals surface area contributed by atoms with Gasteiger partial charge in [-0.3, -0.25) is 5.32 Å². The third kappa shape index (κ3) is 8.24. The Labute approximate surface area is 148 Å². The van der Waals surface area contributed by atoms with Gasteiger partial charge < -0.3 is 14.9 Å². The van der Waals surface area contributed by atoms with E-state index in [0.29, 0.717) is 0 Å². The zero-order chi connectivity index (χ0) is 18.5. The van der Waals surface area contributed by atoms with Gasteiger partial charge in [0.2, 0.25) is 0 Å². The van der Waals surface area contributed by atoms with Crippen LogP contribution < -0.4 is 5.32 Å². The monoisotopic (exact) mass is 349 g/mol. The van der Waals surface area contributed by atoms with Gasteiger partial charge in [-0.25, -0.2) is 9.59 Å². The van der Waals surface area contributed by atoms with Crippen molar-refractivity contribution >= 4 is 17.7 Å². The van der Waals surface area contributed by atoms with E-state index in [9.17, 15) is 14.7 Å². The van der Waals surface area contributed by atoms with Gasteiger partial charge in [-0.1, -0.05) is 44.2 Å². The molecule has 1 aromatic carbocycles. The maximum atomic E-state index is 11.7. The first-order valence-corrected chi connectivity index (χ1v) is 8.66. The van der Waals surface area contributed by atoms with E-state index in [-0.39, 0.29) is 17.9 Å². The zero-order valence-electron chi connectivity index (χ0n) is 14.5. The van der Waals surface area contributed by atoms with Crippen LogP contribution >= 0.6 is 0 Å². The SMILES string of the molecule is C=CCCCCCCCCCOC(=O)Nc1cccc(O)c1C(=O)O. The number of phenols is 1. The molecule has 1 rings (SSSR count). The Balaban J connectivity index is 2.19. The summed E-state index contributed by atoms with van der Waals surface area (Å²) in [6.45, 7) is 3.98. The molecule has 0 fully saturated rings. The quantitative estimate of drug-likeness (QED) is 0.367. The molecule has 0 aliphatic carbocycles. The number of hydrogen-bond acceptors (Lipinski definition) is 4. The van der Waals surface area contributed by atoms with E-state index < -0.39 is 17.8 Å². The number of hydrogen-bond donors (Lipinski definition) is 3. The number of benzene rings is 1. The molecule has 138 valence electrons. The number of rotatable bonds is 12. The molecule has 1 amide bonds. The normalized spacial score (nSPS) is 10.2. The number of ether oxygens (including phenoxy) is 1. The smallest absolute Gasteiger partial charge is 0.411 e. The summed E-state index contributed by atoms with van der Waals surface area (Å²) in [5.74, 6) is -1.72. The van der Waals surface area contributed by atoms with Gasteiger partial charge in [-0.2, -0.15) is 0 Å². The molecule has 0 aromatic heterocycles. The maximum Gasteiger partial charge on any atom is 0.411 e. The third-order valence-electron chi connectivity index (χ3n) is 3.78. The molecule has 3 N–H and O–H groups in total. The average Bonchev–Trinajstić information content (AvgIpc) is 2.56. The molecule has 0 aliphatic heterocycles. The first-order chi connectivity index (χ1) is 12.1. The summed E-state index contributed by atoms with van der Waals surface area (Å²) in [5.41, 5.74) is -0.340. The Kier molecular flexibility index (Phi) is 9.82. The predicted molar refractivity (Wildman–Crippen MR) is 97.2 cm³/mol. The number of carboxylic acids is 1. The molecule has 0 atom stereocenters. The van der Waals surface area contributed by atoms with Crippen molar-refractivity contribution in [2.45, 2.75) is 51.4 Å². The second-order valence-electron chi connectivity index (χ2n) is 5.82. The van der Waals surface area contributed by atoms with E-state index in [0.717, 1.165) is 25.7 Å². The number of unbranched alkanes of at least 4 members (excludes halogenated alkanes) is 7. The lowest BCUT2D eigenvalue weighted by molar-refractivity contribution is 0.0695. The summed E-state index contributed by atoms with van der Waals surface area (Å²) < 4.78 is 5.04. The lowest BCUT2D eigenvalue weighted by Crippen LogP contribution is -2.16. The molecule has 0 radical (unpaired) electrons. The fourth-order valence-corrected chi connectivity index (χ4v) is 2.45. The number of aromatic hydroxyl groups is 1. The fraction of sp³-hybridized carbons (Fsp3) is 0.474. The van der Waals surface area contributed by atoms with Crippen LogP contribution in [0.4, 0.5) is 10.5 Å². The minimum Gasteiger partial charge on any atom is -0.507 e. The van der Waals surface area contributed by atoms with E-state index in [1.807, 2.05) is 6.08 Å². The lowest BCUT2D eigenvalue weighted by Gasteiger charge is -2.10. The summed E-state index contributed by atoms with van der Waals surface area (Å²) in [4.78, 5) is 22.8. The highest BCUT2D eigenvalue weighted by Crippen LogP contribution is 2.25. The maximum absolute atomic E-state index is 11.7. The predicted octanol–water partition coefficient (Wildman–Crippen LogP) is 4.95. The van der Waals surface area contributed by atoms with Gasteiger partial charge in [0.05, 0.1) is 12.3 Å². The van der Waals surface area contributed by atoms with Crippen LogP contribution in [-0.2, 0) is 4.74 Å². The van der Waals surface area contributed by atoms with Gasteiger partial charge in [0.15, 0.2) is 0 Å². The Morgan fingerprint density at radius 1 is 1.08 bits per heavy atom. The number of aromatic carboxylic acids is 1.